The molecule has 2 N–H and O–H groups in total. The van der Waals surface area contributed by atoms with Crippen molar-refractivity contribution in [1.29, 1.82) is 0 Å². The van der Waals surface area contributed by atoms with Crippen LogP contribution in [0.15, 0.2) is 18.2 Å². The van der Waals surface area contributed by atoms with Crippen molar-refractivity contribution in [2.75, 3.05) is 7.11 Å². The zero-order chi connectivity index (χ0) is 13.0. The lowest BCUT2D eigenvalue weighted by Gasteiger charge is -2.06. The summed E-state index contributed by atoms with van der Waals surface area (Å²) in [4.78, 5) is 21.0. The number of benzene rings is 1. The van der Waals surface area contributed by atoms with Gasteiger partial charge in [0.1, 0.15) is 0 Å². The maximum absolute atomic E-state index is 11.1. The Balaban J connectivity index is 3.17. The molecule has 1 aromatic rings. The van der Waals surface area contributed by atoms with E-state index in [0.717, 1.165) is 19.2 Å². The van der Waals surface area contributed by atoms with Gasteiger partial charge in [-0.15, -0.1) is 0 Å². The molecule has 17 heavy (non-hydrogen) atoms. The minimum absolute atomic E-state index is 0.0426. The number of nitro groups is 1. The van der Waals surface area contributed by atoms with Crippen LogP contribution in [0.4, 0.5) is 5.69 Å². The zero-order valence-electron chi connectivity index (χ0n) is 8.69. The van der Waals surface area contributed by atoms with Crippen molar-refractivity contribution < 1.29 is 29.2 Å². The van der Waals surface area contributed by atoms with Crippen LogP contribution < -0.4 is 4.65 Å². The van der Waals surface area contributed by atoms with E-state index in [9.17, 15) is 14.9 Å². The smallest absolute Gasteiger partial charge is 0.507 e. The van der Waals surface area contributed by atoms with Crippen LogP contribution in [0.3, 0.4) is 0 Å². The quantitative estimate of drug-likeness (QED) is 0.322. The van der Waals surface area contributed by atoms with E-state index in [1.165, 1.54) is 6.07 Å². The van der Waals surface area contributed by atoms with Crippen LogP contribution in [0.25, 0.3) is 0 Å². The highest BCUT2D eigenvalue weighted by atomic mass is 16.6. The third-order valence-corrected chi connectivity index (χ3v) is 1.81. The number of nitrogens with zero attached hydrogens (tertiary/aromatic N) is 1. The van der Waals surface area contributed by atoms with Crippen molar-refractivity contribution in [3.63, 3.8) is 0 Å². The van der Waals surface area contributed by atoms with E-state index in [2.05, 4.69) is 9.39 Å². The van der Waals surface area contributed by atoms with Gasteiger partial charge in [-0.2, -0.15) is 0 Å². The topological polar surface area (TPSA) is 119 Å². The van der Waals surface area contributed by atoms with Gasteiger partial charge in [-0.05, 0) is 12.1 Å². The molecule has 0 fully saturated rings. The highest BCUT2D eigenvalue weighted by molar-refractivity contribution is 6.33. The Kier molecular flexibility index (Phi) is 4.02. The van der Waals surface area contributed by atoms with Gasteiger partial charge in [0.15, 0.2) is 5.75 Å². The number of hydrogen-bond donors (Lipinski definition) is 2. The molecule has 9 heteroatoms. The molecule has 0 heterocycles. The van der Waals surface area contributed by atoms with Crippen LogP contribution in [-0.4, -0.2) is 35.4 Å². The monoisotopic (exact) mass is 241 g/mol. The Morgan fingerprint density at radius 2 is 2.12 bits per heavy atom. The van der Waals surface area contributed by atoms with Crippen LogP contribution >= 0.6 is 0 Å². The average Bonchev–Trinajstić information content (AvgIpc) is 2.27. The van der Waals surface area contributed by atoms with Crippen LogP contribution in [0.1, 0.15) is 10.4 Å². The largest absolute Gasteiger partial charge is 0.707 e. The van der Waals surface area contributed by atoms with Crippen LogP contribution in [0.5, 0.6) is 5.75 Å². The van der Waals surface area contributed by atoms with Gasteiger partial charge in [0, 0.05) is 6.07 Å². The Hall–Kier alpha value is -2.13. The van der Waals surface area contributed by atoms with E-state index in [-0.39, 0.29) is 11.3 Å². The van der Waals surface area contributed by atoms with E-state index in [0.29, 0.717) is 0 Å². The zero-order valence-corrected chi connectivity index (χ0v) is 8.69. The molecule has 0 aliphatic rings. The lowest BCUT2D eigenvalue weighted by atomic mass is 10.1. The van der Waals surface area contributed by atoms with Crippen LogP contribution in [0.2, 0.25) is 0 Å². The number of methoxy groups -OCH3 is 1. The Labute approximate surface area is 95.7 Å². The van der Waals surface area contributed by atoms with Gasteiger partial charge < -0.3 is 19.4 Å². The van der Waals surface area contributed by atoms with E-state index in [1.807, 2.05) is 0 Å². The van der Waals surface area contributed by atoms with Gasteiger partial charge in [0.2, 0.25) is 0 Å². The molecular weight excluding hydrogens is 233 g/mol. The minimum atomic E-state index is -2.18. The summed E-state index contributed by atoms with van der Waals surface area (Å²) in [6, 6.07) is 3.20. The molecule has 0 spiro atoms. The normalized spacial score (nSPS) is 9.59. The van der Waals surface area contributed by atoms with E-state index in [1.54, 1.807) is 0 Å². The van der Waals surface area contributed by atoms with Crippen molar-refractivity contribution in [2.24, 2.45) is 0 Å². The highest BCUT2D eigenvalue weighted by Crippen LogP contribution is 2.28. The molecule has 0 aromatic heterocycles. The number of hydrogen-bond acceptors (Lipinski definition) is 7. The molecule has 0 saturated heterocycles. The summed E-state index contributed by atoms with van der Waals surface area (Å²) in [5.74, 6) is -1.11. The molecule has 1 rings (SSSR count). The van der Waals surface area contributed by atoms with Crippen LogP contribution in [0, 0.1) is 10.1 Å². The second-order valence-corrected chi connectivity index (χ2v) is 2.88. The summed E-state index contributed by atoms with van der Waals surface area (Å²) < 4.78 is 8.78. The molecule has 90 valence electrons. The van der Waals surface area contributed by atoms with E-state index < -0.39 is 23.9 Å². The summed E-state index contributed by atoms with van der Waals surface area (Å²) in [5, 5.41) is 27.8. The van der Waals surface area contributed by atoms with Gasteiger partial charge in [0.05, 0.1) is 17.6 Å². The van der Waals surface area contributed by atoms with Gasteiger partial charge >= 0.3 is 19.0 Å². The number of carbonyl (C=O) groups is 1. The first-order valence-corrected chi connectivity index (χ1v) is 4.35. The third-order valence-electron chi connectivity index (χ3n) is 1.81. The SMILES string of the molecule is COC(=O)c1ccc(OB(O)O)c([N+](=O)[O-])c1. The first-order chi connectivity index (χ1) is 7.95. The number of ether oxygens (including phenoxy) is 1. The molecule has 0 unspecified atom stereocenters. The fraction of sp³-hybridized carbons (Fsp3) is 0.125. The second kappa shape index (κ2) is 5.28. The molecule has 8 nitrogen and oxygen atoms in total. The fourth-order valence-electron chi connectivity index (χ4n) is 1.12. The maximum Gasteiger partial charge on any atom is 0.707 e. The molecule has 0 atom stereocenters. The average molecular weight is 241 g/mol. The van der Waals surface area contributed by atoms with Crippen molar-refractivity contribution in [1.82, 2.24) is 0 Å². The number of carbonyl (C=O) groups excluding carboxylic acids is 1. The number of nitro benzene ring substituents is 1. The predicted octanol–water partition coefficient (Wildman–Crippen LogP) is -0.270. The lowest BCUT2D eigenvalue weighted by molar-refractivity contribution is -0.385. The lowest BCUT2D eigenvalue weighted by Crippen LogP contribution is -2.21. The van der Waals surface area contributed by atoms with E-state index >= 15 is 0 Å². The Morgan fingerprint density at radius 1 is 1.47 bits per heavy atom. The first-order valence-electron chi connectivity index (χ1n) is 4.35. The molecule has 0 radical (unpaired) electrons. The van der Waals surface area contributed by atoms with Crippen molar-refractivity contribution in [2.45, 2.75) is 0 Å². The molecular formula is C8H8BNO7. The first kappa shape index (κ1) is 12.9. The molecule has 0 saturated carbocycles. The molecule has 0 aliphatic carbocycles. The van der Waals surface area contributed by atoms with Crippen molar-refractivity contribution in [3.05, 3.63) is 33.9 Å². The molecule has 1 aromatic carbocycles. The summed E-state index contributed by atoms with van der Waals surface area (Å²) in [5.41, 5.74) is -0.611. The van der Waals surface area contributed by atoms with Crippen molar-refractivity contribution >= 4 is 19.0 Å². The third kappa shape index (κ3) is 3.16. The maximum atomic E-state index is 11.1. The number of rotatable bonds is 4. The Bertz CT molecular complexity index is 447. The predicted molar refractivity (Wildman–Crippen MR) is 55.3 cm³/mol. The standard InChI is InChI=1S/C8H8BNO7/c1-16-8(11)5-2-3-7(17-9(12)13)6(4-5)10(14)15/h2-4,12-13H,1H3. The fourth-order valence-corrected chi connectivity index (χ4v) is 1.12. The Morgan fingerprint density at radius 3 is 2.59 bits per heavy atom. The van der Waals surface area contributed by atoms with Crippen LogP contribution in [-0.2, 0) is 4.74 Å². The minimum Gasteiger partial charge on any atom is -0.507 e. The van der Waals surface area contributed by atoms with Gasteiger partial charge in [-0.25, -0.2) is 4.79 Å². The molecule has 0 amide bonds. The van der Waals surface area contributed by atoms with Gasteiger partial charge in [-0.1, -0.05) is 0 Å². The van der Waals surface area contributed by atoms with Crippen molar-refractivity contribution in [3.8, 4) is 5.75 Å². The summed E-state index contributed by atoms with van der Waals surface area (Å²) in [7, 11) is -1.05. The summed E-state index contributed by atoms with van der Waals surface area (Å²) in [6.45, 7) is 0. The van der Waals surface area contributed by atoms with Gasteiger partial charge in [0.25, 0.3) is 0 Å². The molecule has 0 bridgehead atoms. The number of esters is 1. The molecule has 0 aliphatic heterocycles. The highest BCUT2D eigenvalue weighted by Gasteiger charge is 2.22. The van der Waals surface area contributed by atoms with E-state index in [4.69, 9.17) is 10.0 Å². The second-order valence-electron chi connectivity index (χ2n) is 2.88. The summed E-state index contributed by atoms with van der Waals surface area (Å²) in [6.07, 6.45) is 0. The summed E-state index contributed by atoms with van der Waals surface area (Å²) >= 11 is 0. The van der Waals surface area contributed by atoms with Gasteiger partial charge in [-0.3, -0.25) is 10.1 Å².